The molecule has 0 aliphatic rings. The number of amides is 1. The minimum Gasteiger partial charge on any atom is -0.467 e. The number of carbonyl (C=O) groups excluding carboxylic acids is 1. The third-order valence-corrected chi connectivity index (χ3v) is 4.31. The van der Waals surface area contributed by atoms with E-state index < -0.39 is 11.7 Å². The summed E-state index contributed by atoms with van der Waals surface area (Å²) in [5.41, 5.74) is 1.50. The molecule has 1 amide bonds. The number of fused-ring (bicyclic) bond motifs is 1. The summed E-state index contributed by atoms with van der Waals surface area (Å²) in [5.74, 6) is -0.769. The van der Waals surface area contributed by atoms with Gasteiger partial charge in [0, 0.05) is 17.7 Å². The van der Waals surface area contributed by atoms with Gasteiger partial charge in [-0.3, -0.25) is 4.79 Å². The summed E-state index contributed by atoms with van der Waals surface area (Å²) >= 11 is 0. The Hall–Kier alpha value is -3.88. The largest absolute Gasteiger partial charge is 0.467 e. The van der Waals surface area contributed by atoms with Crippen molar-refractivity contribution in [3.05, 3.63) is 71.6 Å². The van der Waals surface area contributed by atoms with Crippen molar-refractivity contribution in [2.45, 2.75) is 13.5 Å². The minimum absolute atomic E-state index is 0.0289. The molecule has 152 valence electrons. The van der Waals surface area contributed by atoms with E-state index in [1.54, 1.807) is 25.1 Å². The molecule has 0 aliphatic heterocycles. The number of aryl methyl sites for hydroxylation is 1. The van der Waals surface area contributed by atoms with Gasteiger partial charge in [-0.15, -0.1) is 0 Å². The van der Waals surface area contributed by atoms with Crippen LogP contribution in [0.3, 0.4) is 0 Å². The van der Waals surface area contributed by atoms with Crippen LogP contribution in [-0.4, -0.2) is 27.6 Å². The van der Waals surface area contributed by atoms with Crippen molar-refractivity contribution in [3.8, 4) is 17.1 Å². The Balaban J connectivity index is 1.53. The number of nitrogens with zero attached hydrogens (tertiary/aromatic N) is 3. The molecule has 0 atom stereocenters. The Labute approximate surface area is 169 Å². The topological polar surface area (TPSA) is 90.1 Å². The highest BCUT2D eigenvalue weighted by Gasteiger charge is 2.20. The molecule has 0 aliphatic carbocycles. The lowest BCUT2D eigenvalue weighted by atomic mass is 10.1. The second-order valence-electron chi connectivity index (χ2n) is 6.45. The van der Waals surface area contributed by atoms with Gasteiger partial charge in [0.1, 0.15) is 28.5 Å². The molecule has 0 saturated carbocycles. The van der Waals surface area contributed by atoms with Crippen LogP contribution < -0.4 is 10.1 Å². The summed E-state index contributed by atoms with van der Waals surface area (Å²) in [6.07, 6.45) is 0. The van der Waals surface area contributed by atoms with Gasteiger partial charge in [-0.2, -0.15) is 9.97 Å². The molecule has 4 aromatic rings. The molecule has 2 aromatic carbocycles. The number of hydrogen-bond donors (Lipinski definition) is 1. The average molecular weight is 410 g/mol. The highest BCUT2D eigenvalue weighted by Crippen LogP contribution is 2.33. The van der Waals surface area contributed by atoms with Gasteiger partial charge in [-0.25, -0.2) is 8.78 Å². The lowest BCUT2D eigenvalue weighted by Crippen LogP contribution is -2.29. The van der Waals surface area contributed by atoms with Crippen LogP contribution in [0.1, 0.15) is 11.4 Å². The zero-order valence-electron chi connectivity index (χ0n) is 15.9. The minimum atomic E-state index is -0.456. The van der Waals surface area contributed by atoms with Crippen LogP contribution in [0.5, 0.6) is 5.88 Å². The van der Waals surface area contributed by atoms with Crippen LogP contribution in [-0.2, 0) is 11.3 Å². The molecule has 7 nitrogen and oxygen atoms in total. The van der Waals surface area contributed by atoms with E-state index in [1.165, 1.54) is 30.3 Å². The van der Waals surface area contributed by atoms with Gasteiger partial charge in [0.15, 0.2) is 6.61 Å². The number of hydrogen-bond acceptors (Lipinski definition) is 6. The molecule has 0 saturated heterocycles. The summed E-state index contributed by atoms with van der Waals surface area (Å²) in [4.78, 5) is 20.6. The van der Waals surface area contributed by atoms with E-state index in [0.29, 0.717) is 28.0 Å². The third-order valence-electron chi connectivity index (χ3n) is 4.31. The molecule has 30 heavy (non-hydrogen) atoms. The quantitative estimate of drug-likeness (QED) is 0.523. The maximum absolute atomic E-state index is 13.7. The van der Waals surface area contributed by atoms with Crippen LogP contribution >= 0.6 is 0 Å². The molecule has 0 radical (unpaired) electrons. The monoisotopic (exact) mass is 410 g/mol. The Morgan fingerprint density at radius 3 is 2.63 bits per heavy atom. The van der Waals surface area contributed by atoms with E-state index in [1.807, 2.05) is 0 Å². The maximum Gasteiger partial charge on any atom is 0.265 e. The summed E-state index contributed by atoms with van der Waals surface area (Å²) in [7, 11) is 0. The molecule has 2 heterocycles. The fourth-order valence-corrected chi connectivity index (χ4v) is 2.86. The van der Waals surface area contributed by atoms with Crippen molar-refractivity contribution in [2.75, 3.05) is 6.61 Å². The first-order valence-electron chi connectivity index (χ1n) is 9.04. The predicted molar refractivity (Wildman–Crippen MR) is 103 cm³/mol. The fourth-order valence-electron chi connectivity index (χ4n) is 2.86. The molecule has 0 unspecified atom stereocenters. The molecule has 0 fully saturated rings. The first kappa shape index (κ1) is 19.4. The van der Waals surface area contributed by atoms with Crippen LogP contribution in [0, 0.1) is 18.6 Å². The van der Waals surface area contributed by atoms with E-state index in [9.17, 15) is 13.6 Å². The third kappa shape index (κ3) is 4.09. The Morgan fingerprint density at radius 2 is 1.87 bits per heavy atom. The van der Waals surface area contributed by atoms with E-state index in [0.717, 1.165) is 0 Å². The van der Waals surface area contributed by atoms with Gasteiger partial charge in [0.05, 0.1) is 0 Å². The normalized spacial score (nSPS) is 10.9. The second-order valence-corrected chi connectivity index (χ2v) is 6.45. The SMILES string of the molecule is Cc1nc(OCC(=O)NCc2ccccc2F)c2c(-c3ccc(F)cc3)noc2n1. The highest BCUT2D eigenvalue weighted by atomic mass is 19.1. The number of rotatable bonds is 6. The number of benzene rings is 2. The highest BCUT2D eigenvalue weighted by molar-refractivity contribution is 5.93. The fraction of sp³-hybridized carbons (Fsp3) is 0.143. The van der Waals surface area contributed by atoms with Gasteiger partial charge < -0.3 is 14.6 Å². The van der Waals surface area contributed by atoms with Crippen molar-refractivity contribution < 1.29 is 22.8 Å². The summed E-state index contributed by atoms with van der Waals surface area (Å²) < 4.78 is 37.8. The molecule has 9 heteroatoms. The number of nitrogens with one attached hydrogen (secondary N) is 1. The van der Waals surface area contributed by atoms with Crippen molar-refractivity contribution in [1.29, 1.82) is 0 Å². The first-order chi connectivity index (χ1) is 14.5. The number of halogens is 2. The summed E-state index contributed by atoms with van der Waals surface area (Å²) in [6, 6.07) is 11.8. The maximum atomic E-state index is 13.7. The van der Waals surface area contributed by atoms with Crippen LogP contribution in [0.15, 0.2) is 53.1 Å². The van der Waals surface area contributed by atoms with E-state index in [4.69, 9.17) is 9.26 Å². The van der Waals surface area contributed by atoms with Gasteiger partial charge in [-0.05, 0) is 37.3 Å². The molecule has 2 aromatic heterocycles. The van der Waals surface area contributed by atoms with E-state index in [-0.39, 0.29) is 30.6 Å². The van der Waals surface area contributed by atoms with Gasteiger partial charge in [0.2, 0.25) is 5.88 Å². The summed E-state index contributed by atoms with van der Waals surface area (Å²) in [5, 5.41) is 6.95. The molecular formula is C21H16F2N4O3. The van der Waals surface area contributed by atoms with Crippen molar-refractivity contribution >= 4 is 17.0 Å². The second kappa shape index (κ2) is 8.24. The van der Waals surface area contributed by atoms with E-state index in [2.05, 4.69) is 20.4 Å². The molecule has 0 spiro atoms. The Kier molecular flexibility index (Phi) is 5.34. The van der Waals surface area contributed by atoms with E-state index >= 15 is 0 Å². The zero-order valence-corrected chi connectivity index (χ0v) is 15.9. The standard InChI is InChI=1S/C21H16F2N4O3/c1-12-25-20(29-11-17(28)24-10-14-4-2-3-5-16(14)23)18-19(27-30-21(18)26-12)13-6-8-15(22)9-7-13/h2-9H,10-11H2,1H3,(H,24,28). The zero-order chi connectivity index (χ0) is 21.1. The lowest BCUT2D eigenvalue weighted by molar-refractivity contribution is -0.123. The van der Waals surface area contributed by atoms with Gasteiger partial charge >= 0.3 is 0 Å². The van der Waals surface area contributed by atoms with Crippen LogP contribution in [0.2, 0.25) is 0 Å². The van der Waals surface area contributed by atoms with Gasteiger partial charge in [0.25, 0.3) is 11.6 Å². The van der Waals surface area contributed by atoms with Crippen molar-refractivity contribution in [1.82, 2.24) is 20.4 Å². The summed E-state index contributed by atoms with van der Waals surface area (Å²) in [6.45, 7) is 1.32. The van der Waals surface area contributed by atoms with Crippen molar-refractivity contribution in [3.63, 3.8) is 0 Å². The Morgan fingerprint density at radius 1 is 1.10 bits per heavy atom. The smallest absolute Gasteiger partial charge is 0.265 e. The molecule has 0 bridgehead atoms. The molecular weight excluding hydrogens is 394 g/mol. The number of carbonyl (C=O) groups is 1. The van der Waals surface area contributed by atoms with Crippen LogP contribution in [0.4, 0.5) is 8.78 Å². The predicted octanol–water partition coefficient (Wildman–Crippen LogP) is 3.57. The first-order valence-corrected chi connectivity index (χ1v) is 9.04. The lowest BCUT2D eigenvalue weighted by Gasteiger charge is -2.09. The Bertz CT molecular complexity index is 1210. The van der Waals surface area contributed by atoms with Gasteiger partial charge in [-0.1, -0.05) is 23.4 Å². The van der Waals surface area contributed by atoms with Crippen molar-refractivity contribution in [2.24, 2.45) is 0 Å². The molecule has 4 rings (SSSR count). The number of aromatic nitrogens is 3. The van der Waals surface area contributed by atoms with Crippen LogP contribution in [0.25, 0.3) is 22.4 Å². The average Bonchev–Trinajstić information content (AvgIpc) is 3.16. The number of ether oxygens (including phenoxy) is 1. The molecule has 1 N–H and O–H groups in total.